The Labute approximate surface area is 132 Å². The third kappa shape index (κ3) is 4.71. The molecule has 1 saturated heterocycles. The first-order valence-corrected chi connectivity index (χ1v) is 7.99. The molecule has 1 aliphatic rings. The molecule has 1 aliphatic heterocycles. The number of carbonyl (C=O) groups excluding carboxylic acids is 1. The van der Waals surface area contributed by atoms with Crippen molar-refractivity contribution in [2.45, 2.75) is 45.4 Å². The third-order valence-electron chi connectivity index (χ3n) is 4.06. The zero-order valence-electron chi connectivity index (χ0n) is 13.4. The molecule has 2 atom stereocenters. The summed E-state index contributed by atoms with van der Waals surface area (Å²) in [7, 11) is 0. The molecule has 5 nitrogen and oxygen atoms in total. The lowest BCUT2D eigenvalue weighted by atomic mass is 10.1. The molecule has 1 amide bonds. The Balaban J connectivity index is 1.85. The number of amides is 1. The fourth-order valence-corrected chi connectivity index (χ4v) is 2.81. The summed E-state index contributed by atoms with van der Waals surface area (Å²) in [5, 5.41) is 12.7. The van der Waals surface area contributed by atoms with Crippen molar-refractivity contribution >= 4 is 5.91 Å². The highest BCUT2D eigenvalue weighted by atomic mass is 16.5. The summed E-state index contributed by atoms with van der Waals surface area (Å²) in [4.78, 5) is 12.9. The van der Waals surface area contributed by atoms with Gasteiger partial charge in [-0.1, -0.05) is 12.1 Å². The highest BCUT2D eigenvalue weighted by molar-refractivity contribution is 5.72. The first-order valence-electron chi connectivity index (χ1n) is 7.99. The van der Waals surface area contributed by atoms with Gasteiger partial charge < -0.3 is 15.2 Å². The largest absolute Gasteiger partial charge is 0.494 e. The van der Waals surface area contributed by atoms with Crippen LogP contribution in [-0.4, -0.2) is 41.8 Å². The zero-order chi connectivity index (χ0) is 15.9. The molecule has 1 fully saturated rings. The number of likely N-dealkylation sites (tertiary alicyclic amines) is 1. The van der Waals surface area contributed by atoms with E-state index in [1.807, 2.05) is 18.2 Å². The molecule has 2 N–H and O–H groups in total. The van der Waals surface area contributed by atoms with E-state index in [2.05, 4.69) is 23.2 Å². The second kappa shape index (κ2) is 8.15. The van der Waals surface area contributed by atoms with Gasteiger partial charge in [0.1, 0.15) is 12.0 Å². The SMILES string of the molecule is CC(=O)NCCCOc1cccc(C(C)N2CCCC2O)c1. The van der Waals surface area contributed by atoms with Crippen LogP contribution in [0, 0.1) is 0 Å². The van der Waals surface area contributed by atoms with Crippen LogP contribution in [-0.2, 0) is 4.79 Å². The number of nitrogens with one attached hydrogen (secondary N) is 1. The fourth-order valence-electron chi connectivity index (χ4n) is 2.81. The Kier molecular flexibility index (Phi) is 6.21. The Morgan fingerprint density at radius 2 is 2.36 bits per heavy atom. The number of ether oxygens (including phenoxy) is 1. The first-order chi connectivity index (χ1) is 10.6. The van der Waals surface area contributed by atoms with Crippen molar-refractivity contribution in [3.8, 4) is 5.75 Å². The molecule has 1 aromatic rings. The van der Waals surface area contributed by atoms with Gasteiger partial charge in [0.05, 0.1) is 6.61 Å². The summed E-state index contributed by atoms with van der Waals surface area (Å²) in [5.41, 5.74) is 1.15. The van der Waals surface area contributed by atoms with Gasteiger partial charge in [-0.15, -0.1) is 0 Å². The van der Waals surface area contributed by atoms with Gasteiger partial charge in [0, 0.05) is 26.1 Å². The number of hydrogen-bond acceptors (Lipinski definition) is 4. The molecule has 2 unspecified atom stereocenters. The van der Waals surface area contributed by atoms with Crippen molar-refractivity contribution in [3.63, 3.8) is 0 Å². The lowest BCUT2D eigenvalue weighted by Crippen LogP contribution is -2.31. The highest BCUT2D eigenvalue weighted by Crippen LogP contribution is 2.29. The van der Waals surface area contributed by atoms with Crippen LogP contribution >= 0.6 is 0 Å². The molecule has 1 heterocycles. The van der Waals surface area contributed by atoms with Gasteiger partial charge in [0.2, 0.25) is 5.91 Å². The van der Waals surface area contributed by atoms with Crippen LogP contribution in [0.2, 0.25) is 0 Å². The van der Waals surface area contributed by atoms with Crippen LogP contribution in [0.1, 0.15) is 44.7 Å². The highest BCUT2D eigenvalue weighted by Gasteiger charge is 2.27. The van der Waals surface area contributed by atoms with E-state index in [-0.39, 0.29) is 18.2 Å². The summed E-state index contributed by atoms with van der Waals surface area (Å²) in [6.45, 7) is 5.77. The molecule has 22 heavy (non-hydrogen) atoms. The molecule has 0 aromatic heterocycles. The Morgan fingerprint density at radius 1 is 1.55 bits per heavy atom. The average Bonchev–Trinajstić information content (AvgIpc) is 2.92. The van der Waals surface area contributed by atoms with Gasteiger partial charge in [0.15, 0.2) is 0 Å². The Hall–Kier alpha value is -1.59. The van der Waals surface area contributed by atoms with Crippen molar-refractivity contribution in [2.75, 3.05) is 19.7 Å². The molecule has 0 saturated carbocycles. The number of benzene rings is 1. The summed E-state index contributed by atoms with van der Waals surface area (Å²) in [5.74, 6) is 0.820. The van der Waals surface area contributed by atoms with E-state index in [0.29, 0.717) is 13.2 Å². The number of nitrogens with zero attached hydrogens (tertiary/aromatic N) is 1. The van der Waals surface area contributed by atoms with E-state index >= 15 is 0 Å². The number of aliphatic hydroxyl groups excluding tert-OH is 1. The monoisotopic (exact) mass is 306 g/mol. The molecular formula is C17H26N2O3. The van der Waals surface area contributed by atoms with Gasteiger partial charge >= 0.3 is 0 Å². The second-order valence-electron chi connectivity index (χ2n) is 5.79. The zero-order valence-corrected chi connectivity index (χ0v) is 13.4. The first kappa shape index (κ1) is 16.8. The summed E-state index contributed by atoms with van der Waals surface area (Å²) in [6, 6.07) is 8.21. The predicted octanol–water partition coefficient (Wildman–Crippen LogP) is 2.07. The van der Waals surface area contributed by atoms with Gasteiger partial charge in [0.25, 0.3) is 0 Å². The molecule has 1 aromatic carbocycles. The van der Waals surface area contributed by atoms with E-state index in [0.717, 1.165) is 37.1 Å². The van der Waals surface area contributed by atoms with E-state index in [4.69, 9.17) is 4.74 Å². The minimum atomic E-state index is -0.336. The van der Waals surface area contributed by atoms with E-state index in [1.54, 1.807) is 0 Å². The minimum Gasteiger partial charge on any atom is -0.494 e. The molecule has 2 rings (SSSR count). The Morgan fingerprint density at radius 3 is 3.05 bits per heavy atom. The minimum absolute atomic E-state index is 0.0139. The van der Waals surface area contributed by atoms with E-state index in [9.17, 15) is 9.90 Å². The number of hydrogen-bond donors (Lipinski definition) is 2. The van der Waals surface area contributed by atoms with Gasteiger partial charge in [-0.25, -0.2) is 0 Å². The standard InChI is InChI=1S/C17H26N2O3/c1-13(19-10-4-8-17(19)21)15-6-3-7-16(12-15)22-11-5-9-18-14(2)20/h3,6-7,12-13,17,21H,4-5,8-11H2,1-2H3,(H,18,20). The van der Waals surface area contributed by atoms with E-state index < -0.39 is 0 Å². The smallest absolute Gasteiger partial charge is 0.216 e. The van der Waals surface area contributed by atoms with Crippen molar-refractivity contribution in [3.05, 3.63) is 29.8 Å². The van der Waals surface area contributed by atoms with Crippen LogP contribution < -0.4 is 10.1 Å². The van der Waals surface area contributed by atoms with Crippen LogP contribution in [0.4, 0.5) is 0 Å². The van der Waals surface area contributed by atoms with Crippen molar-refractivity contribution < 1.29 is 14.6 Å². The van der Waals surface area contributed by atoms with Gasteiger partial charge in [-0.2, -0.15) is 0 Å². The second-order valence-corrected chi connectivity index (χ2v) is 5.79. The van der Waals surface area contributed by atoms with Crippen LogP contribution in [0.15, 0.2) is 24.3 Å². The third-order valence-corrected chi connectivity index (χ3v) is 4.06. The maximum Gasteiger partial charge on any atom is 0.216 e. The van der Waals surface area contributed by atoms with Gasteiger partial charge in [-0.05, 0) is 43.9 Å². The van der Waals surface area contributed by atoms with Crippen LogP contribution in [0.3, 0.4) is 0 Å². The molecule has 0 spiro atoms. The van der Waals surface area contributed by atoms with Gasteiger partial charge in [-0.3, -0.25) is 9.69 Å². The van der Waals surface area contributed by atoms with E-state index in [1.165, 1.54) is 6.92 Å². The number of rotatable bonds is 7. The quantitative estimate of drug-likeness (QED) is 0.757. The molecular weight excluding hydrogens is 280 g/mol. The van der Waals surface area contributed by atoms with Crippen LogP contribution in [0.5, 0.6) is 5.75 Å². The molecule has 5 heteroatoms. The molecule has 0 aliphatic carbocycles. The molecule has 0 radical (unpaired) electrons. The lowest BCUT2D eigenvalue weighted by molar-refractivity contribution is -0.118. The number of carbonyl (C=O) groups is 1. The summed E-state index contributed by atoms with van der Waals surface area (Å²) in [6.07, 6.45) is 2.34. The fraction of sp³-hybridized carbons (Fsp3) is 0.588. The maximum absolute atomic E-state index is 10.8. The molecule has 0 bridgehead atoms. The molecule has 122 valence electrons. The summed E-state index contributed by atoms with van der Waals surface area (Å²) >= 11 is 0. The van der Waals surface area contributed by atoms with Crippen molar-refractivity contribution in [1.29, 1.82) is 0 Å². The predicted molar refractivity (Wildman–Crippen MR) is 85.6 cm³/mol. The summed E-state index contributed by atoms with van der Waals surface area (Å²) < 4.78 is 5.74. The maximum atomic E-state index is 10.8. The average molecular weight is 306 g/mol. The van der Waals surface area contributed by atoms with Crippen molar-refractivity contribution in [2.24, 2.45) is 0 Å². The lowest BCUT2D eigenvalue weighted by Gasteiger charge is -2.28. The van der Waals surface area contributed by atoms with Crippen molar-refractivity contribution in [1.82, 2.24) is 10.2 Å². The topological polar surface area (TPSA) is 61.8 Å². The Bertz CT molecular complexity index is 493. The van der Waals surface area contributed by atoms with Crippen LogP contribution in [0.25, 0.3) is 0 Å². The number of aliphatic hydroxyl groups is 1. The normalized spacial score (nSPS) is 19.9.